The van der Waals surface area contributed by atoms with Crippen molar-refractivity contribution in [3.63, 3.8) is 0 Å². The fourth-order valence-corrected chi connectivity index (χ4v) is 11.4. The van der Waals surface area contributed by atoms with Crippen LogP contribution in [0, 0.1) is 6.92 Å². The van der Waals surface area contributed by atoms with Crippen molar-refractivity contribution >= 4 is 105 Å². The van der Waals surface area contributed by atoms with E-state index in [1.54, 1.807) is 0 Å². The summed E-state index contributed by atoms with van der Waals surface area (Å²) in [6.07, 6.45) is 0. The van der Waals surface area contributed by atoms with Crippen LogP contribution in [0.4, 0.5) is 17.1 Å². The highest BCUT2D eigenvalue weighted by molar-refractivity contribution is 6.98. The minimum Gasteiger partial charge on any atom is -0.456 e. The smallest absolute Gasteiger partial charge is 0.243 e. The van der Waals surface area contributed by atoms with Crippen LogP contribution in [-0.2, 0) is 0 Å². The van der Waals surface area contributed by atoms with E-state index in [2.05, 4.69) is 236 Å². The maximum atomic E-state index is 7.13. The van der Waals surface area contributed by atoms with E-state index in [1.807, 2.05) is 12.1 Å². The first-order valence-corrected chi connectivity index (χ1v) is 23.8. The fourth-order valence-electron chi connectivity index (χ4n) is 11.4. The van der Waals surface area contributed by atoms with E-state index in [9.17, 15) is 0 Å². The van der Waals surface area contributed by atoms with Crippen LogP contribution in [0.5, 0.6) is 11.5 Å². The molecule has 2 heterocycles. The van der Waals surface area contributed by atoms with Crippen molar-refractivity contribution in [1.29, 1.82) is 0 Å². The highest BCUT2D eigenvalue weighted by Crippen LogP contribution is 2.52. The molecule has 12 aromatic carbocycles. The number of benzene rings is 12. The average molecular weight is 880 g/mol. The standard InChI is InChI=1S/C65H42BNO2/c1-41-18-5-12-30-56(41)66(57-31-15-22-42-21-6-7-23-45(42)57)58-40-54-51-28-17-35-62-64(51)55(39-53(54)47-25-8-9-26-48(47)58)50-37-36-44(38-63(50)68-62)67(59-32-13-10-24-46(59)43-19-3-2-4-20-43)60-33-16-29-52-49-27-11-14-34-61(49)69-65(52)60/h2-40H,1H3. The number of para-hydroxylation sites is 3. The minimum absolute atomic E-state index is 0.00630. The molecule has 0 bridgehead atoms. The van der Waals surface area contributed by atoms with Gasteiger partial charge in [-0.2, -0.15) is 0 Å². The molecule has 69 heavy (non-hydrogen) atoms. The number of aryl methyl sites for hydroxylation is 1. The third-order valence-corrected chi connectivity index (χ3v) is 14.5. The lowest BCUT2D eigenvalue weighted by molar-refractivity contribution is 0.487. The zero-order chi connectivity index (χ0) is 45.6. The fraction of sp³-hybridized carbons (Fsp3) is 0.0154. The molecule has 0 unspecified atom stereocenters. The van der Waals surface area contributed by atoms with Crippen LogP contribution in [0.2, 0.25) is 0 Å². The lowest BCUT2D eigenvalue weighted by atomic mass is 9.35. The van der Waals surface area contributed by atoms with Crippen molar-refractivity contribution in [2.24, 2.45) is 0 Å². The number of nitrogens with zero attached hydrogens (tertiary/aromatic N) is 1. The molecule has 4 heteroatoms. The van der Waals surface area contributed by atoms with Gasteiger partial charge in [-0.3, -0.25) is 0 Å². The Kier molecular flexibility index (Phi) is 8.90. The number of rotatable bonds is 7. The van der Waals surface area contributed by atoms with Crippen LogP contribution in [-0.4, -0.2) is 6.71 Å². The first-order chi connectivity index (χ1) is 34.2. The average Bonchev–Trinajstić information content (AvgIpc) is 3.79. The number of fused-ring (bicyclic) bond motifs is 10. The van der Waals surface area contributed by atoms with E-state index >= 15 is 0 Å². The predicted molar refractivity (Wildman–Crippen MR) is 292 cm³/mol. The molecule has 322 valence electrons. The van der Waals surface area contributed by atoms with Crippen LogP contribution in [0.1, 0.15) is 5.56 Å². The molecular formula is C65H42BNO2. The summed E-state index contributed by atoms with van der Waals surface area (Å²) in [6, 6.07) is 85.7. The van der Waals surface area contributed by atoms with Crippen LogP contribution >= 0.6 is 0 Å². The van der Waals surface area contributed by atoms with Crippen LogP contribution in [0.3, 0.4) is 0 Å². The second-order valence-electron chi connectivity index (χ2n) is 18.3. The van der Waals surface area contributed by atoms with Gasteiger partial charge in [0.15, 0.2) is 5.58 Å². The Balaban J connectivity index is 0.993. The van der Waals surface area contributed by atoms with E-state index < -0.39 is 0 Å². The third kappa shape index (κ3) is 6.15. The maximum Gasteiger partial charge on any atom is 0.243 e. The Bertz CT molecular complexity index is 4210. The van der Waals surface area contributed by atoms with Crippen molar-refractivity contribution in [2.75, 3.05) is 4.90 Å². The maximum absolute atomic E-state index is 7.13. The summed E-state index contributed by atoms with van der Waals surface area (Å²) >= 11 is 0. The molecule has 0 aliphatic carbocycles. The molecule has 3 nitrogen and oxygen atoms in total. The summed E-state index contributed by atoms with van der Waals surface area (Å²) in [5, 5.41) is 11.9. The minimum atomic E-state index is -0.00630. The van der Waals surface area contributed by atoms with Gasteiger partial charge in [-0.15, -0.1) is 0 Å². The van der Waals surface area contributed by atoms with Gasteiger partial charge in [-0.05, 0) is 98.2 Å². The van der Waals surface area contributed by atoms with E-state index in [-0.39, 0.29) is 6.71 Å². The summed E-state index contributed by atoms with van der Waals surface area (Å²) in [7, 11) is 0. The Morgan fingerprint density at radius 2 is 1.03 bits per heavy atom. The van der Waals surface area contributed by atoms with Crippen molar-refractivity contribution in [1.82, 2.24) is 0 Å². The molecule has 1 aliphatic heterocycles. The molecule has 0 saturated carbocycles. The topological polar surface area (TPSA) is 25.6 Å². The van der Waals surface area contributed by atoms with Gasteiger partial charge >= 0.3 is 0 Å². The van der Waals surface area contributed by atoms with Gasteiger partial charge in [0.2, 0.25) is 6.71 Å². The third-order valence-electron chi connectivity index (χ3n) is 14.5. The first-order valence-electron chi connectivity index (χ1n) is 23.8. The van der Waals surface area contributed by atoms with Crippen molar-refractivity contribution < 1.29 is 9.15 Å². The second kappa shape index (κ2) is 15.6. The molecule has 0 N–H and O–H groups in total. The molecule has 0 radical (unpaired) electrons. The molecule has 0 spiro atoms. The number of anilines is 3. The zero-order valence-corrected chi connectivity index (χ0v) is 37.9. The summed E-state index contributed by atoms with van der Waals surface area (Å²) < 4.78 is 13.9. The van der Waals surface area contributed by atoms with E-state index in [1.165, 1.54) is 65.2 Å². The first kappa shape index (κ1) is 39.3. The van der Waals surface area contributed by atoms with Gasteiger partial charge in [0, 0.05) is 33.4 Å². The molecule has 0 fully saturated rings. The van der Waals surface area contributed by atoms with Crippen molar-refractivity contribution in [2.45, 2.75) is 6.92 Å². The Morgan fingerprint density at radius 3 is 1.93 bits per heavy atom. The Hall–Kier alpha value is -8.86. The van der Waals surface area contributed by atoms with E-state index in [0.717, 1.165) is 72.6 Å². The SMILES string of the molecule is Cc1ccccc1B(c1cccc2ccccc12)c1cc2c3cccc4c3c(cc2c2ccccc12)-c1ccc(N(c2ccccc2-c2ccccc2)c2cccc3c2oc2ccccc23)cc1O4. The molecular weight excluding hydrogens is 838 g/mol. The van der Waals surface area contributed by atoms with Crippen LogP contribution < -0.4 is 26.0 Å². The largest absolute Gasteiger partial charge is 0.456 e. The molecule has 0 atom stereocenters. The Morgan fingerprint density at radius 1 is 0.377 bits per heavy atom. The summed E-state index contributed by atoms with van der Waals surface area (Å²) in [5.41, 5.74) is 14.3. The lowest BCUT2D eigenvalue weighted by Crippen LogP contribution is -2.53. The van der Waals surface area contributed by atoms with Crippen LogP contribution in [0.15, 0.2) is 241 Å². The van der Waals surface area contributed by atoms with Crippen LogP contribution in [0.25, 0.3) is 87.3 Å². The van der Waals surface area contributed by atoms with Crippen molar-refractivity contribution in [3.05, 3.63) is 242 Å². The highest BCUT2D eigenvalue weighted by Gasteiger charge is 2.30. The monoisotopic (exact) mass is 879 g/mol. The van der Waals surface area contributed by atoms with Gasteiger partial charge in [-0.1, -0.05) is 210 Å². The Labute approximate surface area is 400 Å². The predicted octanol–water partition coefficient (Wildman–Crippen LogP) is 15.9. The number of hydrogen-bond donors (Lipinski definition) is 0. The van der Waals surface area contributed by atoms with E-state index in [4.69, 9.17) is 9.15 Å². The molecule has 1 aromatic heterocycles. The number of ether oxygens (including phenoxy) is 1. The molecule has 0 saturated heterocycles. The van der Waals surface area contributed by atoms with Gasteiger partial charge in [0.25, 0.3) is 0 Å². The number of hydrogen-bond acceptors (Lipinski definition) is 3. The summed E-state index contributed by atoms with van der Waals surface area (Å²) in [4.78, 5) is 2.34. The van der Waals surface area contributed by atoms with E-state index in [0.29, 0.717) is 0 Å². The molecule has 1 aliphatic rings. The van der Waals surface area contributed by atoms with Crippen molar-refractivity contribution in [3.8, 4) is 33.8 Å². The second-order valence-corrected chi connectivity index (χ2v) is 18.3. The zero-order valence-electron chi connectivity index (χ0n) is 37.9. The van der Waals surface area contributed by atoms with Gasteiger partial charge < -0.3 is 14.1 Å². The highest BCUT2D eigenvalue weighted by atomic mass is 16.5. The van der Waals surface area contributed by atoms with Gasteiger partial charge in [0.1, 0.15) is 17.1 Å². The summed E-state index contributed by atoms with van der Waals surface area (Å²) in [5.74, 6) is 1.66. The summed E-state index contributed by atoms with van der Waals surface area (Å²) in [6.45, 7) is 2.24. The quantitative estimate of drug-likeness (QED) is 0.118. The molecule has 0 amide bonds. The van der Waals surface area contributed by atoms with Gasteiger partial charge in [0.05, 0.1) is 17.1 Å². The molecule has 14 rings (SSSR count). The lowest BCUT2D eigenvalue weighted by Gasteiger charge is -2.30. The van der Waals surface area contributed by atoms with Gasteiger partial charge in [-0.25, -0.2) is 0 Å². The normalized spacial score (nSPS) is 12.0. The number of furan rings is 1. The molecule has 13 aromatic rings.